The van der Waals surface area contributed by atoms with E-state index in [1.165, 1.54) is 10.5 Å². The van der Waals surface area contributed by atoms with E-state index in [1.54, 1.807) is 0 Å². The average molecular weight is 328 g/mol. The Balaban J connectivity index is 1.57. The van der Waals surface area contributed by atoms with Crippen molar-refractivity contribution in [2.24, 2.45) is 11.8 Å². The van der Waals surface area contributed by atoms with Gasteiger partial charge in [-0.15, -0.1) is 0 Å². The zero-order valence-electron chi connectivity index (χ0n) is 14.3. The number of amides is 3. The van der Waals surface area contributed by atoms with E-state index in [0.717, 1.165) is 36.9 Å². The number of benzene rings is 1. The Kier molecular flexibility index (Phi) is 4.69. The predicted octanol–water partition coefficient (Wildman–Crippen LogP) is 2.81. The summed E-state index contributed by atoms with van der Waals surface area (Å²) in [6, 6.07) is 5.75. The van der Waals surface area contributed by atoms with Gasteiger partial charge >= 0.3 is 0 Å². The highest BCUT2D eigenvalue weighted by Gasteiger charge is 2.47. The molecule has 128 valence electrons. The zero-order valence-corrected chi connectivity index (χ0v) is 14.3. The van der Waals surface area contributed by atoms with Gasteiger partial charge in [0.15, 0.2) is 0 Å². The van der Waals surface area contributed by atoms with Crippen molar-refractivity contribution in [2.45, 2.75) is 46.0 Å². The highest BCUT2D eigenvalue weighted by molar-refractivity contribution is 6.05. The van der Waals surface area contributed by atoms with Crippen LogP contribution in [0.3, 0.4) is 0 Å². The number of imide groups is 1. The van der Waals surface area contributed by atoms with E-state index in [9.17, 15) is 14.4 Å². The SMILES string of the molecule is Cc1ccc(NC(=O)CCN2C(=O)[C@@H]3CCCC[C@H]3C2=O)cc1C. The van der Waals surface area contributed by atoms with Crippen molar-refractivity contribution >= 4 is 23.4 Å². The summed E-state index contributed by atoms with van der Waals surface area (Å²) >= 11 is 0. The van der Waals surface area contributed by atoms with Gasteiger partial charge in [-0.2, -0.15) is 0 Å². The van der Waals surface area contributed by atoms with Gasteiger partial charge in [-0.3, -0.25) is 19.3 Å². The fourth-order valence-corrected chi connectivity index (χ4v) is 3.71. The number of carbonyl (C=O) groups is 3. The van der Waals surface area contributed by atoms with Gasteiger partial charge in [0.05, 0.1) is 11.8 Å². The van der Waals surface area contributed by atoms with Crippen molar-refractivity contribution in [2.75, 3.05) is 11.9 Å². The molecule has 1 saturated carbocycles. The largest absolute Gasteiger partial charge is 0.326 e. The molecule has 0 aromatic heterocycles. The second-order valence-electron chi connectivity index (χ2n) is 6.92. The number of nitrogens with one attached hydrogen (secondary N) is 1. The first-order chi connectivity index (χ1) is 11.5. The summed E-state index contributed by atoms with van der Waals surface area (Å²) < 4.78 is 0. The Labute approximate surface area is 142 Å². The molecule has 5 heteroatoms. The number of fused-ring (bicyclic) bond motifs is 1. The lowest BCUT2D eigenvalue weighted by Gasteiger charge is -2.19. The summed E-state index contributed by atoms with van der Waals surface area (Å²) in [6.07, 6.45) is 3.79. The third kappa shape index (κ3) is 3.21. The van der Waals surface area contributed by atoms with Gasteiger partial charge in [-0.25, -0.2) is 0 Å². The highest BCUT2D eigenvalue weighted by atomic mass is 16.2. The summed E-state index contributed by atoms with van der Waals surface area (Å²) in [5, 5.41) is 2.84. The number of carbonyl (C=O) groups excluding carboxylic acids is 3. The zero-order chi connectivity index (χ0) is 17.3. The molecule has 0 radical (unpaired) electrons. The van der Waals surface area contributed by atoms with Crippen molar-refractivity contribution in [3.05, 3.63) is 29.3 Å². The van der Waals surface area contributed by atoms with Gasteiger partial charge in [-0.1, -0.05) is 18.9 Å². The molecule has 0 bridgehead atoms. The van der Waals surface area contributed by atoms with E-state index >= 15 is 0 Å². The van der Waals surface area contributed by atoms with Crippen LogP contribution in [0.1, 0.15) is 43.2 Å². The third-order valence-electron chi connectivity index (χ3n) is 5.29. The van der Waals surface area contributed by atoms with E-state index in [0.29, 0.717) is 0 Å². The van der Waals surface area contributed by atoms with Crippen molar-refractivity contribution in [3.63, 3.8) is 0 Å². The topological polar surface area (TPSA) is 66.5 Å². The van der Waals surface area contributed by atoms with Crippen molar-refractivity contribution in [1.82, 2.24) is 4.90 Å². The molecule has 1 heterocycles. The van der Waals surface area contributed by atoms with Crippen LogP contribution in [-0.4, -0.2) is 29.2 Å². The molecule has 3 rings (SSSR count). The van der Waals surface area contributed by atoms with Crippen LogP contribution < -0.4 is 5.32 Å². The highest BCUT2D eigenvalue weighted by Crippen LogP contribution is 2.37. The molecule has 1 saturated heterocycles. The number of likely N-dealkylation sites (tertiary alicyclic amines) is 1. The van der Waals surface area contributed by atoms with Crippen LogP contribution >= 0.6 is 0 Å². The molecule has 1 N–H and O–H groups in total. The van der Waals surface area contributed by atoms with E-state index in [1.807, 2.05) is 32.0 Å². The van der Waals surface area contributed by atoms with E-state index in [-0.39, 0.29) is 42.5 Å². The maximum atomic E-state index is 12.4. The molecule has 2 fully saturated rings. The smallest absolute Gasteiger partial charge is 0.233 e. The van der Waals surface area contributed by atoms with Crippen molar-refractivity contribution in [3.8, 4) is 0 Å². The Morgan fingerprint density at radius 1 is 1.08 bits per heavy atom. The van der Waals surface area contributed by atoms with Crippen molar-refractivity contribution in [1.29, 1.82) is 0 Å². The Morgan fingerprint density at radius 2 is 1.71 bits per heavy atom. The van der Waals surface area contributed by atoms with Crippen LogP contribution in [0, 0.1) is 25.7 Å². The van der Waals surface area contributed by atoms with Crippen LogP contribution in [0.25, 0.3) is 0 Å². The standard InChI is InChI=1S/C19H24N2O3/c1-12-7-8-14(11-13(12)2)20-17(22)9-10-21-18(23)15-5-3-4-6-16(15)19(21)24/h7-8,11,15-16H,3-6,9-10H2,1-2H3,(H,20,22)/t15-,16-/m1/s1. The van der Waals surface area contributed by atoms with Crippen LogP contribution in [0.4, 0.5) is 5.69 Å². The van der Waals surface area contributed by atoms with Crippen LogP contribution in [0.15, 0.2) is 18.2 Å². The first kappa shape index (κ1) is 16.7. The summed E-state index contributed by atoms with van der Waals surface area (Å²) in [4.78, 5) is 38.2. The van der Waals surface area contributed by atoms with Crippen molar-refractivity contribution < 1.29 is 14.4 Å². The molecule has 3 amide bonds. The molecular formula is C19H24N2O3. The summed E-state index contributed by atoms with van der Waals surface area (Å²) in [5.74, 6) is -0.621. The first-order valence-electron chi connectivity index (χ1n) is 8.69. The number of nitrogens with zero attached hydrogens (tertiary/aromatic N) is 1. The number of hydrogen-bond acceptors (Lipinski definition) is 3. The van der Waals surface area contributed by atoms with Crippen LogP contribution in [-0.2, 0) is 14.4 Å². The lowest BCUT2D eigenvalue weighted by Crippen LogP contribution is -2.34. The predicted molar refractivity (Wildman–Crippen MR) is 91.3 cm³/mol. The van der Waals surface area contributed by atoms with Crippen LogP contribution in [0.2, 0.25) is 0 Å². The Morgan fingerprint density at radius 3 is 2.29 bits per heavy atom. The molecule has 1 aromatic rings. The normalized spacial score (nSPS) is 23.3. The minimum absolute atomic E-state index is 0.0799. The number of anilines is 1. The summed E-state index contributed by atoms with van der Waals surface area (Å²) in [5.41, 5.74) is 3.03. The first-order valence-corrected chi connectivity index (χ1v) is 8.69. The number of rotatable bonds is 4. The lowest BCUT2D eigenvalue weighted by molar-refractivity contribution is -0.140. The van der Waals surface area contributed by atoms with Gasteiger partial charge in [0.1, 0.15) is 0 Å². The molecule has 2 atom stereocenters. The minimum atomic E-state index is -0.172. The maximum absolute atomic E-state index is 12.4. The molecule has 1 aliphatic heterocycles. The van der Waals surface area contributed by atoms with E-state index < -0.39 is 0 Å². The number of aryl methyl sites for hydroxylation is 2. The molecular weight excluding hydrogens is 304 g/mol. The maximum Gasteiger partial charge on any atom is 0.233 e. The fraction of sp³-hybridized carbons (Fsp3) is 0.526. The average Bonchev–Trinajstić information content (AvgIpc) is 2.81. The molecule has 2 aliphatic rings. The molecule has 0 unspecified atom stereocenters. The summed E-state index contributed by atoms with van der Waals surface area (Å²) in [6.45, 7) is 4.20. The summed E-state index contributed by atoms with van der Waals surface area (Å²) in [7, 11) is 0. The minimum Gasteiger partial charge on any atom is -0.326 e. The van der Waals surface area contributed by atoms with Crippen LogP contribution in [0.5, 0.6) is 0 Å². The monoisotopic (exact) mass is 328 g/mol. The molecule has 1 aromatic carbocycles. The Bertz CT molecular complexity index is 659. The van der Waals surface area contributed by atoms with Gasteiger partial charge in [0.25, 0.3) is 0 Å². The molecule has 24 heavy (non-hydrogen) atoms. The second-order valence-corrected chi connectivity index (χ2v) is 6.92. The number of hydrogen-bond donors (Lipinski definition) is 1. The quantitative estimate of drug-likeness (QED) is 0.864. The third-order valence-corrected chi connectivity index (χ3v) is 5.29. The van der Waals surface area contributed by atoms with Gasteiger partial charge < -0.3 is 5.32 Å². The molecule has 0 spiro atoms. The van der Waals surface area contributed by atoms with Gasteiger partial charge in [0.2, 0.25) is 17.7 Å². The second kappa shape index (κ2) is 6.75. The van der Waals surface area contributed by atoms with E-state index in [2.05, 4.69) is 5.32 Å². The Hall–Kier alpha value is -2.17. The van der Waals surface area contributed by atoms with E-state index in [4.69, 9.17) is 0 Å². The van der Waals surface area contributed by atoms with Gasteiger partial charge in [0, 0.05) is 18.7 Å². The van der Waals surface area contributed by atoms with Gasteiger partial charge in [-0.05, 0) is 49.9 Å². The lowest BCUT2D eigenvalue weighted by atomic mass is 9.81. The fourth-order valence-electron chi connectivity index (χ4n) is 3.71. The molecule has 1 aliphatic carbocycles. The molecule has 5 nitrogen and oxygen atoms in total.